The van der Waals surface area contributed by atoms with Crippen LogP contribution in [0.25, 0.3) is 0 Å². The number of likely N-dealkylation sites (tertiary alicyclic amines) is 1. The summed E-state index contributed by atoms with van der Waals surface area (Å²) >= 11 is 0. The Balaban J connectivity index is 1.72. The molecule has 1 fully saturated rings. The van der Waals surface area contributed by atoms with Gasteiger partial charge in [0, 0.05) is 24.8 Å². The van der Waals surface area contributed by atoms with Crippen molar-refractivity contribution in [2.75, 3.05) is 31.5 Å². The van der Waals surface area contributed by atoms with E-state index in [1.807, 2.05) is 6.07 Å². The highest BCUT2D eigenvalue weighted by atomic mass is 19.4. The van der Waals surface area contributed by atoms with E-state index in [1.54, 1.807) is 24.3 Å². The van der Waals surface area contributed by atoms with Gasteiger partial charge in [-0.2, -0.15) is 18.4 Å². The molecule has 2 rings (SSSR count). The van der Waals surface area contributed by atoms with E-state index in [2.05, 4.69) is 10.6 Å². The Hall–Kier alpha value is -2.27. The van der Waals surface area contributed by atoms with Crippen LogP contribution >= 0.6 is 0 Å². The summed E-state index contributed by atoms with van der Waals surface area (Å²) < 4.78 is 36.9. The maximum Gasteiger partial charge on any atom is 0.401 e. The maximum atomic E-state index is 12.3. The van der Waals surface area contributed by atoms with Gasteiger partial charge in [0.05, 0.1) is 24.7 Å². The molecular weight excluding hydrogens is 309 g/mol. The molecule has 1 aromatic rings. The second-order valence-electron chi connectivity index (χ2n) is 5.45. The molecule has 1 saturated heterocycles. The second-order valence-corrected chi connectivity index (χ2v) is 5.45. The standard InChI is InChI=1S/C15H17F3N4O/c16-15(17,18)10-22-6-5-13(9-22)21-14(23)8-20-12-3-1-11(7-19)2-4-12/h1-4,13,20H,5-6,8-10H2,(H,21,23). The van der Waals surface area contributed by atoms with Crippen LogP contribution in [0.1, 0.15) is 12.0 Å². The second kappa shape index (κ2) is 7.33. The molecule has 0 saturated carbocycles. The third kappa shape index (κ3) is 5.79. The van der Waals surface area contributed by atoms with Gasteiger partial charge in [-0.15, -0.1) is 0 Å². The highest BCUT2D eigenvalue weighted by Gasteiger charge is 2.34. The first-order valence-corrected chi connectivity index (χ1v) is 7.18. The van der Waals surface area contributed by atoms with Gasteiger partial charge in [-0.3, -0.25) is 9.69 Å². The van der Waals surface area contributed by atoms with Crippen molar-refractivity contribution < 1.29 is 18.0 Å². The summed E-state index contributed by atoms with van der Waals surface area (Å²) in [6.07, 6.45) is -3.70. The molecule has 1 aliphatic heterocycles. The van der Waals surface area contributed by atoms with Gasteiger partial charge in [0.2, 0.25) is 5.91 Å². The summed E-state index contributed by atoms with van der Waals surface area (Å²) in [4.78, 5) is 13.1. The third-order valence-corrected chi connectivity index (χ3v) is 3.51. The van der Waals surface area contributed by atoms with Crippen LogP contribution in [-0.4, -0.2) is 49.2 Å². The van der Waals surface area contributed by atoms with E-state index in [0.717, 1.165) is 0 Å². The Morgan fingerprint density at radius 3 is 2.65 bits per heavy atom. The van der Waals surface area contributed by atoms with Gasteiger partial charge in [-0.05, 0) is 30.7 Å². The molecule has 5 nitrogen and oxygen atoms in total. The van der Waals surface area contributed by atoms with Crippen molar-refractivity contribution in [3.63, 3.8) is 0 Å². The maximum absolute atomic E-state index is 12.3. The van der Waals surface area contributed by atoms with E-state index in [-0.39, 0.29) is 25.0 Å². The smallest absolute Gasteiger partial charge is 0.376 e. The monoisotopic (exact) mass is 326 g/mol. The number of nitrogens with one attached hydrogen (secondary N) is 2. The van der Waals surface area contributed by atoms with E-state index >= 15 is 0 Å². The number of alkyl halides is 3. The molecule has 1 unspecified atom stereocenters. The van der Waals surface area contributed by atoms with Crippen LogP contribution in [-0.2, 0) is 4.79 Å². The van der Waals surface area contributed by atoms with Crippen molar-refractivity contribution in [3.05, 3.63) is 29.8 Å². The van der Waals surface area contributed by atoms with E-state index in [4.69, 9.17) is 5.26 Å². The molecule has 1 aliphatic rings. The predicted molar refractivity (Wildman–Crippen MR) is 78.7 cm³/mol. The van der Waals surface area contributed by atoms with Gasteiger partial charge >= 0.3 is 6.18 Å². The summed E-state index contributed by atoms with van der Waals surface area (Å²) in [5.41, 5.74) is 1.22. The molecule has 1 atom stereocenters. The van der Waals surface area contributed by atoms with Gasteiger partial charge in [-0.1, -0.05) is 0 Å². The largest absolute Gasteiger partial charge is 0.401 e. The molecule has 1 heterocycles. The summed E-state index contributed by atoms with van der Waals surface area (Å²) in [6, 6.07) is 8.38. The lowest BCUT2D eigenvalue weighted by Crippen LogP contribution is -2.41. The number of anilines is 1. The zero-order valence-corrected chi connectivity index (χ0v) is 12.4. The first kappa shape index (κ1) is 17.1. The SMILES string of the molecule is N#Cc1ccc(NCC(=O)NC2CCN(CC(F)(F)F)C2)cc1. The summed E-state index contributed by atoms with van der Waals surface area (Å²) in [5, 5.41) is 14.3. The summed E-state index contributed by atoms with van der Waals surface area (Å²) in [6.45, 7) is -0.375. The third-order valence-electron chi connectivity index (χ3n) is 3.51. The van der Waals surface area contributed by atoms with Crippen molar-refractivity contribution in [1.29, 1.82) is 5.26 Å². The Morgan fingerprint density at radius 1 is 1.35 bits per heavy atom. The molecule has 0 aliphatic carbocycles. The summed E-state index contributed by atoms with van der Waals surface area (Å²) in [7, 11) is 0. The number of carbonyl (C=O) groups is 1. The average Bonchev–Trinajstić information content (AvgIpc) is 2.90. The fourth-order valence-electron chi connectivity index (χ4n) is 2.47. The quantitative estimate of drug-likeness (QED) is 0.865. The molecule has 23 heavy (non-hydrogen) atoms. The fourth-order valence-corrected chi connectivity index (χ4v) is 2.47. The van der Waals surface area contributed by atoms with Crippen LogP contribution in [0.15, 0.2) is 24.3 Å². The van der Waals surface area contributed by atoms with E-state index in [9.17, 15) is 18.0 Å². The molecule has 2 N–H and O–H groups in total. The number of benzene rings is 1. The van der Waals surface area contributed by atoms with Crippen molar-refractivity contribution in [3.8, 4) is 6.07 Å². The number of nitrogens with zero attached hydrogens (tertiary/aromatic N) is 2. The van der Waals surface area contributed by atoms with Gasteiger partial charge in [0.1, 0.15) is 0 Å². The Labute approximate surface area is 132 Å². The molecular formula is C15H17F3N4O. The van der Waals surface area contributed by atoms with Crippen LogP contribution in [0.2, 0.25) is 0 Å². The van der Waals surface area contributed by atoms with E-state index < -0.39 is 12.7 Å². The number of amides is 1. The zero-order chi connectivity index (χ0) is 16.9. The highest BCUT2D eigenvalue weighted by molar-refractivity contribution is 5.81. The zero-order valence-electron chi connectivity index (χ0n) is 12.4. The number of rotatable bonds is 5. The predicted octanol–water partition coefficient (Wildman–Crippen LogP) is 1.72. The minimum atomic E-state index is -4.21. The average molecular weight is 326 g/mol. The minimum Gasteiger partial charge on any atom is -0.376 e. The molecule has 1 amide bonds. The fraction of sp³-hybridized carbons (Fsp3) is 0.467. The first-order valence-electron chi connectivity index (χ1n) is 7.18. The Bertz CT molecular complexity index is 580. The number of hydrogen-bond acceptors (Lipinski definition) is 4. The number of carbonyl (C=O) groups excluding carboxylic acids is 1. The first-order chi connectivity index (χ1) is 10.9. The lowest BCUT2D eigenvalue weighted by atomic mass is 10.2. The normalized spacial score (nSPS) is 18.4. The molecule has 8 heteroatoms. The van der Waals surface area contributed by atoms with Gasteiger partial charge < -0.3 is 10.6 Å². The van der Waals surface area contributed by atoms with Gasteiger partial charge in [-0.25, -0.2) is 0 Å². The molecule has 1 aromatic carbocycles. The van der Waals surface area contributed by atoms with Gasteiger partial charge in [0.25, 0.3) is 0 Å². The van der Waals surface area contributed by atoms with Crippen molar-refractivity contribution in [2.24, 2.45) is 0 Å². The Kier molecular flexibility index (Phi) is 5.45. The topological polar surface area (TPSA) is 68.2 Å². The number of hydrogen-bond donors (Lipinski definition) is 2. The van der Waals surface area contributed by atoms with Crippen LogP contribution < -0.4 is 10.6 Å². The van der Waals surface area contributed by atoms with Gasteiger partial charge in [0.15, 0.2) is 0 Å². The van der Waals surface area contributed by atoms with Crippen LogP contribution in [0.3, 0.4) is 0 Å². The lowest BCUT2D eigenvalue weighted by Gasteiger charge is -2.18. The minimum absolute atomic E-state index is 0.0294. The number of halogens is 3. The van der Waals surface area contributed by atoms with Crippen molar-refractivity contribution in [2.45, 2.75) is 18.6 Å². The molecule has 124 valence electrons. The van der Waals surface area contributed by atoms with Crippen LogP contribution in [0, 0.1) is 11.3 Å². The van der Waals surface area contributed by atoms with Crippen LogP contribution in [0.4, 0.5) is 18.9 Å². The molecule has 0 spiro atoms. The number of nitriles is 1. The molecule has 0 bridgehead atoms. The molecule has 0 aromatic heterocycles. The summed E-state index contributed by atoms with van der Waals surface area (Å²) in [5.74, 6) is -0.270. The highest BCUT2D eigenvalue weighted by Crippen LogP contribution is 2.19. The van der Waals surface area contributed by atoms with Crippen molar-refractivity contribution >= 4 is 11.6 Å². The molecule has 0 radical (unpaired) electrons. The Morgan fingerprint density at radius 2 is 2.04 bits per heavy atom. The van der Waals surface area contributed by atoms with Crippen molar-refractivity contribution in [1.82, 2.24) is 10.2 Å². The van der Waals surface area contributed by atoms with E-state index in [1.165, 1.54) is 4.90 Å². The van der Waals surface area contributed by atoms with E-state index in [0.29, 0.717) is 24.2 Å². The lowest BCUT2D eigenvalue weighted by molar-refractivity contribution is -0.143. The van der Waals surface area contributed by atoms with Crippen LogP contribution in [0.5, 0.6) is 0 Å².